The first-order valence-electron chi connectivity index (χ1n) is 7.12. The van der Waals surface area contributed by atoms with Crippen molar-refractivity contribution in [1.82, 2.24) is 14.9 Å². The van der Waals surface area contributed by atoms with Crippen molar-refractivity contribution in [2.75, 3.05) is 62.3 Å². The minimum atomic E-state index is -0.859. The summed E-state index contributed by atoms with van der Waals surface area (Å²) in [5, 5.41) is 9.01. The van der Waals surface area contributed by atoms with Crippen LogP contribution >= 0.6 is 0 Å². The number of rotatable bonds is 2. The number of carboxylic acid groups (broad SMARTS) is 1. The molecule has 3 rings (SSSR count). The predicted octanol–water partition coefficient (Wildman–Crippen LogP) is 0.113. The zero-order chi connectivity index (χ0) is 14.7. The average molecular weight is 293 g/mol. The van der Waals surface area contributed by atoms with Crippen LogP contribution in [0, 0.1) is 0 Å². The Morgan fingerprint density at radius 3 is 2.00 bits per heavy atom. The van der Waals surface area contributed by atoms with Crippen LogP contribution in [0.25, 0.3) is 0 Å². The molecule has 1 aromatic rings. The fraction of sp³-hybridized carbons (Fsp3) is 0.615. The Bertz CT molecular complexity index is 498. The largest absolute Gasteiger partial charge is 0.465 e. The van der Waals surface area contributed by atoms with E-state index in [1.165, 1.54) is 4.90 Å². The summed E-state index contributed by atoms with van der Waals surface area (Å²) in [6, 6.07) is 0. The second kappa shape index (κ2) is 6.13. The van der Waals surface area contributed by atoms with Crippen LogP contribution in [-0.4, -0.2) is 78.5 Å². The molecule has 2 saturated heterocycles. The number of aromatic nitrogens is 2. The Hall–Kier alpha value is -2.09. The van der Waals surface area contributed by atoms with Gasteiger partial charge in [0.15, 0.2) is 11.6 Å². The molecule has 1 amide bonds. The summed E-state index contributed by atoms with van der Waals surface area (Å²) in [6.45, 7) is 5.28. The highest BCUT2D eigenvalue weighted by Crippen LogP contribution is 2.25. The summed E-state index contributed by atoms with van der Waals surface area (Å²) in [4.78, 5) is 25.6. The molecular formula is C13H19N5O3. The standard InChI is InChI=1S/C13H19N5O3/c19-13(20)18-5-3-16(4-6-18)11-12(15-2-1-14-11)17-7-9-21-10-8-17/h1-2H,3-10H2,(H,19,20). The average Bonchev–Trinajstić information content (AvgIpc) is 2.56. The number of piperazine rings is 1. The van der Waals surface area contributed by atoms with Gasteiger partial charge in [0.2, 0.25) is 0 Å². The SMILES string of the molecule is O=C(O)N1CCN(c2nccnc2N2CCOCC2)CC1. The van der Waals surface area contributed by atoms with Gasteiger partial charge in [0.25, 0.3) is 0 Å². The predicted molar refractivity (Wildman–Crippen MR) is 76.9 cm³/mol. The Balaban J connectivity index is 1.75. The van der Waals surface area contributed by atoms with Crippen molar-refractivity contribution < 1.29 is 14.6 Å². The molecule has 8 nitrogen and oxygen atoms in total. The Morgan fingerprint density at radius 1 is 0.952 bits per heavy atom. The molecule has 0 radical (unpaired) electrons. The van der Waals surface area contributed by atoms with Crippen LogP contribution in [0.3, 0.4) is 0 Å². The summed E-state index contributed by atoms with van der Waals surface area (Å²) in [7, 11) is 0. The van der Waals surface area contributed by atoms with Gasteiger partial charge in [-0.1, -0.05) is 0 Å². The van der Waals surface area contributed by atoms with E-state index in [0.717, 1.165) is 24.7 Å². The molecule has 3 heterocycles. The number of anilines is 2. The van der Waals surface area contributed by atoms with Crippen LogP contribution < -0.4 is 9.80 Å². The van der Waals surface area contributed by atoms with Gasteiger partial charge in [-0.15, -0.1) is 0 Å². The fourth-order valence-electron chi connectivity index (χ4n) is 2.65. The van der Waals surface area contributed by atoms with E-state index in [2.05, 4.69) is 19.8 Å². The third-order valence-corrected chi connectivity index (χ3v) is 3.82. The molecule has 2 aliphatic heterocycles. The third kappa shape index (κ3) is 2.99. The van der Waals surface area contributed by atoms with Crippen LogP contribution in [0.5, 0.6) is 0 Å². The van der Waals surface area contributed by atoms with Gasteiger partial charge < -0.3 is 24.5 Å². The van der Waals surface area contributed by atoms with Crippen molar-refractivity contribution in [2.45, 2.75) is 0 Å². The minimum Gasteiger partial charge on any atom is -0.465 e. The second-order valence-electron chi connectivity index (χ2n) is 5.06. The molecule has 2 aliphatic rings. The maximum atomic E-state index is 11.0. The normalized spacial score (nSPS) is 19.7. The van der Waals surface area contributed by atoms with Gasteiger partial charge in [0.1, 0.15) is 0 Å². The van der Waals surface area contributed by atoms with Crippen LogP contribution in [0.2, 0.25) is 0 Å². The zero-order valence-electron chi connectivity index (χ0n) is 11.8. The first-order valence-corrected chi connectivity index (χ1v) is 7.12. The number of hydrogen-bond acceptors (Lipinski definition) is 6. The molecule has 0 bridgehead atoms. The molecule has 0 aliphatic carbocycles. The summed E-state index contributed by atoms with van der Waals surface area (Å²) < 4.78 is 5.37. The lowest BCUT2D eigenvalue weighted by molar-refractivity contribution is 0.122. The summed E-state index contributed by atoms with van der Waals surface area (Å²) >= 11 is 0. The van der Waals surface area contributed by atoms with Crippen LogP contribution in [-0.2, 0) is 4.74 Å². The Kier molecular flexibility index (Phi) is 4.05. The van der Waals surface area contributed by atoms with Gasteiger partial charge in [-0.2, -0.15) is 0 Å². The highest BCUT2D eigenvalue weighted by molar-refractivity contribution is 5.66. The first kappa shape index (κ1) is 13.9. The summed E-state index contributed by atoms with van der Waals surface area (Å²) in [6.07, 6.45) is 2.52. The molecule has 0 aromatic carbocycles. The summed E-state index contributed by atoms with van der Waals surface area (Å²) in [5.41, 5.74) is 0. The Morgan fingerprint density at radius 2 is 1.48 bits per heavy atom. The van der Waals surface area contributed by atoms with Gasteiger partial charge in [-0.3, -0.25) is 0 Å². The highest BCUT2D eigenvalue weighted by Gasteiger charge is 2.25. The smallest absolute Gasteiger partial charge is 0.407 e. The number of carbonyl (C=O) groups is 1. The van der Waals surface area contributed by atoms with Crippen molar-refractivity contribution in [3.63, 3.8) is 0 Å². The van der Waals surface area contributed by atoms with E-state index in [1.807, 2.05) is 0 Å². The van der Waals surface area contributed by atoms with E-state index in [-0.39, 0.29) is 0 Å². The van der Waals surface area contributed by atoms with Gasteiger partial charge >= 0.3 is 6.09 Å². The van der Waals surface area contributed by atoms with E-state index < -0.39 is 6.09 Å². The Labute approximate surface area is 122 Å². The highest BCUT2D eigenvalue weighted by atomic mass is 16.5. The minimum absolute atomic E-state index is 0.495. The lowest BCUT2D eigenvalue weighted by Gasteiger charge is -2.36. The maximum absolute atomic E-state index is 11.0. The van der Waals surface area contributed by atoms with E-state index >= 15 is 0 Å². The molecule has 21 heavy (non-hydrogen) atoms. The molecule has 0 atom stereocenters. The molecular weight excluding hydrogens is 274 g/mol. The maximum Gasteiger partial charge on any atom is 0.407 e. The van der Waals surface area contributed by atoms with Crippen LogP contribution in [0.4, 0.5) is 16.4 Å². The van der Waals surface area contributed by atoms with E-state index in [0.29, 0.717) is 39.4 Å². The number of amides is 1. The van der Waals surface area contributed by atoms with Crippen LogP contribution in [0.1, 0.15) is 0 Å². The van der Waals surface area contributed by atoms with Gasteiger partial charge in [-0.25, -0.2) is 14.8 Å². The van der Waals surface area contributed by atoms with Crippen molar-refractivity contribution in [2.24, 2.45) is 0 Å². The zero-order valence-corrected chi connectivity index (χ0v) is 11.8. The van der Waals surface area contributed by atoms with Crippen molar-refractivity contribution in [1.29, 1.82) is 0 Å². The number of ether oxygens (including phenoxy) is 1. The summed E-state index contributed by atoms with van der Waals surface area (Å²) in [5.74, 6) is 1.70. The number of hydrogen-bond donors (Lipinski definition) is 1. The topological polar surface area (TPSA) is 82.0 Å². The van der Waals surface area contributed by atoms with Crippen LogP contribution in [0.15, 0.2) is 12.4 Å². The second-order valence-corrected chi connectivity index (χ2v) is 5.06. The molecule has 1 aromatic heterocycles. The molecule has 2 fully saturated rings. The molecule has 1 N–H and O–H groups in total. The van der Waals surface area contributed by atoms with E-state index in [4.69, 9.17) is 9.84 Å². The lowest BCUT2D eigenvalue weighted by atomic mass is 10.3. The number of nitrogens with zero attached hydrogens (tertiary/aromatic N) is 5. The van der Waals surface area contributed by atoms with E-state index in [9.17, 15) is 4.79 Å². The molecule has 8 heteroatoms. The van der Waals surface area contributed by atoms with Crippen molar-refractivity contribution in [3.8, 4) is 0 Å². The van der Waals surface area contributed by atoms with E-state index in [1.54, 1.807) is 12.4 Å². The monoisotopic (exact) mass is 293 g/mol. The third-order valence-electron chi connectivity index (χ3n) is 3.82. The molecule has 0 unspecified atom stereocenters. The van der Waals surface area contributed by atoms with Crippen molar-refractivity contribution in [3.05, 3.63) is 12.4 Å². The molecule has 0 saturated carbocycles. The van der Waals surface area contributed by atoms with Gasteiger partial charge in [0, 0.05) is 51.7 Å². The lowest BCUT2D eigenvalue weighted by Crippen LogP contribution is -2.49. The first-order chi connectivity index (χ1) is 10.3. The number of morpholine rings is 1. The quantitative estimate of drug-likeness (QED) is 0.829. The fourth-order valence-corrected chi connectivity index (χ4v) is 2.65. The molecule has 114 valence electrons. The molecule has 0 spiro atoms. The van der Waals surface area contributed by atoms with Gasteiger partial charge in [-0.05, 0) is 0 Å². The van der Waals surface area contributed by atoms with Gasteiger partial charge in [0.05, 0.1) is 13.2 Å². The van der Waals surface area contributed by atoms with Crippen molar-refractivity contribution >= 4 is 17.7 Å².